The highest BCUT2D eigenvalue weighted by Crippen LogP contribution is 2.38. The van der Waals surface area contributed by atoms with Gasteiger partial charge in [-0.2, -0.15) is 0 Å². The fraction of sp³-hybridized carbons (Fsp3) is 0.571. The summed E-state index contributed by atoms with van der Waals surface area (Å²) in [7, 11) is 3.28. The minimum Gasteiger partial charge on any atom is -0.493 e. The molecule has 0 saturated carbocycles. The number of para-hydroxylation sites is 1. The second-order valence-electron chi connectivity index (χ2n) is 4.70. The van der Waals surface area contributed by atoms with E-state index in [9.17, 15) is 0 Å². The molecule has 5 heteroatoms. The van der Waals surface area contributed by atoms with Gasteiger partial charge >= 0.3 is 0 Å². The van der Waals surface area contributed by atoms with Gasteiger partial charge in [0.1, 0.15) is 0 Å². The van der Waals surface area contributed by atoms with Crippen molar-refractivity contribution in [2.45, 2.75) is 18.9 Å². The lowest BCUT2D eigenvalue weighted by molar-refractivity contribution is 0.0386. The average molecular weight is 266 g/mol. The minimum absolute atomic E-state index is 0.00495. The summed E-state index contributed by atoms with van der Waals surface area (Å²) >= 11 is 0. The maximum absolute atomic E-state index is 5.75. The molecule has 2 atom stereocenters. The SMILES string of the molecule is COc1cccc(C(NN)C2CCCOC2)c1OC. The van der Waals surface area contributed by atoms with Crippen molar-refractivity contribution in [1.82, 2.24) is 5.43 Å². The molecule has 2 rings (SSSR count). The molecule has 0 spiro atoms. The van der Waals surface area contributed by atoms with Crippen LogP contribution >= 0.6 is 0 Å². The molecule has 1 saturated heterocycles. The Morgan fingerprint density at radius 3 is 2.79 bits per heavy atom. The molecule has 0 aromatic heterocycles. The molecule has 19 heavy (non-hydrogen) atoms. The van der Waals surface area contributed by atoms with Gasteiger partial charge in [-0.1, -0.05) is 12.1 Å². The van der Waals surface area contributed by atoms with E-state index in [2.05, 4.69) is 5.43 Å². The molecule has 3 N–H and O–H groups in total. The van der Waals surface area contributed by atoms with Gasteiger partial charge in [-0.05, 0) is 18.9 Å². The van der Waals surface area contributed by atoms with Gasteiger partial charge in [0, 0.05) is 18.1 Å². The summed E-state index contributed by atoms with van der Waals surface area (Å²) in [6.07, 6.45) is 2.16. The Labute approximate surface area is 114 Å². The number of hydrogen-bond acceptors (Lipinski definition) is 5. The number of hydrogen-bond donors (Lipinski definition) is 2. The van der Waals surface area contributed by atoms with E-state index in [0.717, 1.165) is 43.1 Å². The summed E-state index contributed by atoms with van der Waals surface area (Å²) < 4.78 is 16.4. The van der Waals surface area contributed by atoms with E-state index in [-0.39, 0.29) is 6.04 Å². The first-order chi connectivity index (χ1) is 9.31. The summed E-state index contributed by atoms with van der Waals surface area (Å²) in [5.41, 5.74) is 3.91. The van der Waals surface area contributed by atoms with Gasteiger partial charge in [-0.15, -0.1) is 0 Å². The van der Waals surface area contributed by atoms with E-state index in [1.165, 1.54) is 0 Å². The van der Waals surface area contributed by atoms with Crippen molar-refractivity contribution in [1.29, 1.82) is 0 Å². The van der Waals surface area contributed by atoms with Gasteiger partial charge in [-0.3, -0.25) is 11.3 Å². The van der Waals surface area contributed by atoms with Crippen LogP contribution in [0.25, 0.3) is 0 Å². The monoisotopic (exact) mass is 266 g/mol. The number of rotatable bonds is 5. The lowest BCUT2D eigenvalue weighted by atomic mass is 9.88. The largest absolute Gasteiger partial charge is 0.493 e. The standard InChI is InChI=1S/C14H22N2O3/c1-17-12-7-3-6-11(14(12)18-2)13(16-15)10-5-4-8-19-9-10/h3,6-7,10,13,16H,4-5,8-9,15H2,1-2H3. The van der Waals surface area contributed by atoms with Gasteiger partial charge in [-0.25, -0.2) is 0 Å². The summed E-state index contributed by atoms with van der Waals surface area (Å²) in [6, 6.07) is 5.85. The van der Waals surface area contributed by atoms with Crippen LogP contribution in [-0.2, 0) is 4.74 Å². The molecule has 1 aliphatic heterocycles. The molecule has 0 amide bonds. The molecule has 1 aliphatic rings. The van der Waals surface area contributed by atoms with E-state index < -0.39 is 0 Å². The van der Waals surface area contributed by atoms with E-state index in [1.807, 2.05) is 18.2 Å². The molecular formula is C14H22N2O3. The third kappa shape index (κ3) is 3.00. The smallest absolute Gasteiger partial charge is 0.165 e. The fourth-order valence-electron chi connectivity index (χ4n) is 2.67. The number of nitrogens with two attached hydrogens (primary N) is 1. The predicted molar refractivity (Wildman–Crippen MR) is 73.2 cm³/mol. The minimum atomic E-state index is 0.00495. The van der Waals surface area contributed by atoms with E-state index in [1.54, 1.807) is 14.2 Å². The molecule has 1 heterocycles. The van der Waals surface area contributed by atoms with Gasteiger partial charge in [0.05, 0.1) is 26.9 Å². The molecule has 1 aromatic carbocycles. The maximum atomic E-state index is 5.75. The Hall–Kier alpha value is -1.30. The van der Waals surface area contributed by atoms with E-state index in [0.29, 0.717) is 5.92 Å². The average Bonchev–Trinajstić information content (AvgIpc) is 2.48. The first-order valence-corrected chi connectivity index (χ1v) is 6.56. The number of nitrogens with one attached hydrogen (secondary N) is 1. The van der Waals surface area contributed by atoms with Crippen molar-refractivity contribution in [2.75, 3.05) is 27.4 Å². The van der Waals surface area contributed by atoms with E-state index >= 15 is 0 Å². The van der Waals surface area contributed by atoms with Crippen LogP contribution in [0.2, 0.25) is 0 Å². The number of hydrazine groups is 1. The Bertz CT molecular complexity index is 406. The molecule has 5 nitrogen and oxygen atoms in total. The molecule has 1 aromatic rings. The molecule has 0 aliphatic carbocycles. The Morgan fingerprint density at radius 1 is 1.37 bits per heavy atom. The molecule has 0 bridgehead atoms. The zero-order valence-electron chi connectivity index (χ0n) is 11.5. The van der Waals surface area contributed by atoms with Gasteiger partial charge < -0.3 is 14.2 Å². The van der Waals surface area contributed by atoms with Crippen LogP contribution in [0.4, 0.5) is 0 Å². The van der Waals surface area contributed by atoms with E-state index in [4.69, 9.17) is 20.1 Å². The van der Waals surface area contributed by atoms with Crippen LogP contribution in [0.15, 0.2) is 18.2 Å². The van der Waals surface area contributed by atoms with Crippen LogP contribution in [0.3, 0.4) is 0 Å². The lowest BCUT2D eigenvalue weighted by Gasteiger charge is -2.31. The topological polar surface area (TPSA) is 65.7 Å². The molecule has 0 radical (unpaired) electrons. The number of benzene rings is 1. The lowest BCUT2D eigenvalue weighted by Crippen LogP contribution is -2.37. The van der Waals surface area contributed by atoms with Crippen molar-refractivity contribution in [3.05, 3.63) is 23.8 Å². The van der Waals surface area contributed by atoms with Crippen molar-refractivity contribution in [3.8, 4) is 11.5 Å². The van der Waals surface area contributed by atoms with Crippen LogP contribution in [0, 0.1) is 5.92 Å². The Balaban J connectivity index is 2.31. The normalized spacial score (nSPS) is 20.9. The Kier molecular flexibility index (Phi) is 5.01. The summed E-state index contributed by atoms with van der Waals surface area (Å²) in [4.78, 5) is 0. The molecule has 2 unspecified atom stereocenters. The predicted octanol–water partition coefficient (Wildman–Crippen LogP) is 1.63. The highest BCUT2D eigenvalue weighted by atomic mass is 16.5. The van der Waals surface area contributed by atoms with Crippen LogP contribution < -0.4 is 20.7 Å². The molecule has 1 fully saturated rings. The van der Waals surface area contributed by atoms with Crippen molar-refractivity contribution in [2.24, 2.45) is 11.8 Å². The first kappa shape index (κ1) is 14.1. The van der Waals surface area contributed by atoms with Crippen LogP contribution in [0.1, 0.15) is 24.4 Å². The van der Waals surface area contributed by atoms with Crippen molar-refractivity contribution < 1.29 is 14.2 Å². The summed E-state index contributed by atoms with van der Waals surface area (Å²) in [5, 5.41) is 0. The van der Waals surface area contributed by atoms with Gasteiger partial charge in [0.2, 0.25) is 0 Å². The number of methoxy groups -OCH3 is 2. The first-order valence-electron chi connectivity index (χ1n) is 6.56. The third-order valence-electron chi connectivity index (χ3n) is 3.61. The second-order valence-corrected chi connectivity index (χ2v) is 4.70. The van der Waals surface area contributed by atoms with Crippen LogP contribution in [0.5, 0.6) is 11.5 Å². The number of ether oxygens (including phenoxy) is 3. The van der Waals surface area contributed by atoms with Crippen LogP contribution in [-0.4, -0.2) is 27.4 Å². The third-order valence-corrected chi connectivity index (χ3v) is 3.61. The zero-order valence-corrected chi connectivity index (χ0v) is 11.5. The summed E-state index contributed by atoms with van der Waals surface area (Å²) in [6.45, 7) is 1.55. The Morgan fingerprint density at radius 2 is 2.21 bits per heavy atom. The van der Waals surface area contributed by atoms with Crippen molar-refractivity contribution in [3.63, 3.8) is 0 Å². The molecule has 106 valence electrons. The van der Waals surface area contributed by atoms with Gasteiger partial charge in [0.15, 0.2) is 11.5 Å². The summed E-state index contributed by atoms with van der Waals surface area (Å²) in [5.74, 6) is 7.55. The molecular weight excluding hydrogens is 244 g/mol. The maximum Gasteiger partial charge on any atom is 0.165 e. The van der Waals surface area contributed by atoms with Crippen molar-refractivity contribution >= 4 is 0 Å². The highest BCUT2D eigenvalue weighted by Gasteiger charge is 2.28. The fourth-order valence-corrected chi connectivity index (χ4v) is 2.67. The second kappa shape index (κ2) is 6.75. The zero-order chi connectivity index (χ0) is 13.7. The highest BCUT2D eigenvalue weighted by molar-refractivity contribution is 5.48. The van der Waals surface area contributed by atoms with Gasteiger partial charge in [0.25, 0.3) is 0 Å². The quantitative estimate of drug-likeness (QED) is 0.626.